The second kappa shape index (κ2) is 8.24. The van der Waals surface area contributed by atoms with Crippen LogP contribution in [-0.4, -0.2) is 37.2 Å². The molecule has 1 atom stereocenters. The van der Waals surface area contributed by atoms with Crippen molar-refractivity contribution in [3.8, 4) is 0 Å². The zero-order chi connectivity index (χ0) is 16.8. The van der Waals surface area contributed by atoms with Gasteiger partial charge in [-0.25, -0.2) is 4.98 Å². The van der Waals surface area contributed by atoms with Crippen LogP contribution in [0.1, 0.15) is 58.7 Å². The molecule has 0 aliphatic carbocycles. The third kappa shape index (κ3) is 4.41. The lowest BCUT2D eigenvalue weighted by Crippen LogP contribution is -2.34. The molecule has 128 valence electrons. The fourth-order valence-corrected chi connectivity index (χ4v) is 2.97. The minimum Gasteiger partial charge on any atom is -0.309 e. The van der Waals surface area contributed by atoms with E-state index in [1.807, 2.05) is 7.05 Å². The molecule has 2 aromatic rings. The standard InChI is InChI=1S/C17H29N5O/c1-5-7-8-10-22(13(3)9-6-2)12-15-19-16-14(17(23)20-15)11-18-21(16)4/h11,13H,5-10,12H2,1-4H3,(H,19,20,23)/t13-/m1/s1. The van der Waals surface area contributed by atoms with Crippen LogP contribution in [0.25, 0.3) is 11.0 Å². The molecule has 0 aliphatic heterocycles. The summed E-state index contributed by atoms with van der Waals surface area (Å²) in [5.74, 6) is 0.727. The number of aromatic amines is 1. The van der Waals surface area contributed by atoms with Gasteiger partial charge in [0, 0.05) is 13.1 Å². The van der Waals surface area contributed by atoms with E-state index >= 15 is 0 Å². The largest absolute Gasteiger partial charge is 0.309 e. The number of H-pyrrole nitrogens is 1. The molecular weight excluding hydrogens is 290 g/mol. The van der Waals surface area contributed by atoms with Crippen LogP contribution in [0.2, 0.25) is 0 Å². The minimum atomic E-state index is -0.102. The number of nitrogens with one attached hydrogen (secondary N) is 1. The molecule has 2 heterocycles. The predicted octanol–water partition coefficient (Wildman–Crippen LogP) is 2.84. The van der Waals surface area contributed by atoms with E-state index in [1.54, 1.807) is 10.9 Å². The van der Waals surface area contributed by atoms with Gasteiger partial charge in [-0.1, -0.05) is 33.1 Å². The van der Waals surface area contributed by atoms with Crippen LogP contribution >= 0.6 is 0 Å². The zero-order valence-corrected chi connectivity index (χ0v) is 14.8. The number of unbranched alkanes of at least 4 members (excludes halogenated alkanes) is 2. The van der Waals surface area contributed by atoms with E-state index in [2.05, 4.69) is 40.7 Å². The highest BCUT2D eigenvalue weighted by molar-refractivity contribution is 5.72. The summed E-state index contributed by atoms with van der Waals surface area (Å²) in [6.45, 7) is 8.41. The minimum absolute atomic E-state index is 0.102. The second-order valence-corrected chi connectivity index (χ2v) is 6.33. The van der Waals surface area contributed by atoms with Crippen molar-refractivity contribution in [3.63, 3.8) is 0 Å². The van der Waals surface area contributed by atoms with Crippen molar-refractivity contribution >= 4 is 11.0 Å². The van der Waals surface area contributed by atoms with E-state index in [0.717, 1.165) is 25.2 Å². The van der Waals surface area contributed by atoms with Gasteiger partial charge in [-0.15, -0.1) is 0 Å². The third-order valence-corrected chi connectivity index (χ3v) is 4.38. The highest BCUT2D eigenvalue weighted by atomic mass is 16.1. The topological polar surface area (TPSA) is 66.8 Å². The lowest BCUT2D eigenvalue weighted by Gasteiger charge is -2.28. The first-order chi connectivity index (χ1) is 11.1. The first-order valence-corrected chi connectivity index (χ1v) is 8.71. The van der Waals surface area contributed by atoms with Gasteiger partial charge < -0.3 is 4.98 Å². The molecule has 0 radical (unpaired) electrons. The van der Waals surface area contributed by atoms with Gasteiger partial charge in [-0.3, -0.25) is 14.4 Å². The SMILES string of the molecule is CCCCCN(Cc1nc2c(cnn2C)c(=O)[nH]1)[C@H](C)CCC. The Bertz CT molecular complexity index is 675. The fourth-order valence-electron chi connectivity index (χ4n) is 2.97. The van der Waals surface area contributed by atoms with Crippen LogP contribution in [-0.2, 0) is 13.6 Å². The van der Waals surface area contributed by atoms with Gasteiger partial charge in [0.1, 0.15) is 11.2 Å². The number of rotatable bonds is 9. The molecule has 1 N–H and O–H groups in total. The maximum absolute atomic E-state index is 12.2. The highest BCUT2D eigenvalue weighted by Gasteiger charge is 2.16. The summed E-state index contributed by atoms with van der Waals surface area (Å²) in [6.07, 6.45) is 7.53. The Morgan fingerprint density at radius 2 is 2.09 bits per heavy atom. The molecule has 6 heteroatoms. The summed E-state index contributed by atoms with van der Waals surface area (Å²) in [6, 6.07) is 0.490. The molecular formula is C17H29N5O. The number of nitrogens with zero attached hydrogens (tertiary/aromatic N) is 4. The summed E-state index contributed by atoms with van der Waals surface area (Å²) in [5.41, 5.74) is 0.551. The molecule has 6 nitrogen and oxygen atoms in total. The van der Waals surface area contributed by atoms with Gasteiger partial charge in [0.05, 0.1) is 12.7 Å². The molecule has 0 amide bonds. The van der Waals surface area contributed by atoms with Gasteiger partial charge in [-0.2, -0.15) is 5.10 Å². The van der Waals surface area contributed by atoms with E-state index < -0.39 is 0 Å². The fraction of sp³-hybridized carbons (Fsp3) is 0.706. The summed E-state index contributed by atoms with van der Waals surface area (Å²) in [5, 5.41) is 4.67. The molecule has 23 heavy (non-hydrogen) atoms. The molecule has 0 spiro atoms. The Hall–Kier alpha value is -1.69. The third-order valence-electron chi connectivity index (χ3n) is 4.38. The average molecular weight is 319 g/mol. The molecule has 2 rings (SSSR count). The van der Waals surface area contributed by atoms with E-state index in [-0.39, 0.29) is 5.56 Å². The quantitative estimate of drug-likeness (QED) is 0.722. The summed E-state index contributed by atoms with van der Waals surface area (Å²) < 4.78 is 1.66. The van der Waals surface area contributed by atoms with E-state index in [9.17, 15) is 4.79 Å². The molecule has 0 bridgehead atoms. The first kappa shape index (κ1) is 17.7. The van der Waals surface area contributed by atoms with Crippen LogP contribution in [0.5, 0.6) is 0 Å². The second-order valence-electron chi connectivity index (χ2n) is 6.33. The lowest BCUT2D eigenvalue weighted by atomic mass is 10.1. The maximum Gasteiger partial charge on any atom is 0.262 e. The van der Waals surface area contributed by atoms with Crippen molar-refractivity contribution < 1.29 is 0 Å². The van der Waals surface area contributed by atoms with E-state index in [4.69, 9.17) is 0 Å². The number of fused-ring (bicyclic) bond motifs is 1. The highest BCUT2D eigenvalue weighted by Crippen LogP contribution is 2.13. The van der Waals surface area contributed by atoms with Crippen LogP contribution in [0.4, 0.5) is 0 Å². The molecule has 0 saturated heterocycles. The zero-order valence-electron chi connectivity index (χ0n) is 14.8. The predicted molar refractivity (Wildman–Crippen MR) is 93.4 cm³/mol. The first-order valence-electron chi connectivity index (χ1n) is 8.71. The van der Waals surface area contributed by atoms with E-state index in [0.29, 0.717) is 23.6 Å². The van der Waals surface area contributed by atoms with Crippen LogP contribution in [0.15, 0.2) is 11.0 Å². The van der Waals surface area contributed by atoms with Crippen molar-refractivity contribution in [3.05, 3.63) is 22.4 Å². The number of aryl methyl sites for hydroxylation is 1. The van der Waals surface area contributed by atoms with Crippen molar-refractivity contribution in [1.82, 2.24) is 24.6 Å². The van der Waals surface area contributed by atoms with Crippen molar-refractivity contribution in [2.45, 2.75) is 65.5 Å². The van der Waals surface area contributed by atoms with E-state index in [1.165, 1.54) is 19.3 Å². The van der Waals surface area contributed by atoms with Gasteiger partial charge in [0.2, 0.25) is 0 Å². The van der Waals surface area contributed by atoms with Gasteiger partial charge in [0.15, 0.2) is 5.65 Å². The van der Waals surface area contributed by atoms with Crippen LogP contribution < -0.4 is 5.56 Å². The number of hydrogen-bond acceptors (Lipinski definition) is 4. The summed E-state index contributed by atoms with van der Waals surface area (Å²) in [7, 11) is 1.82. The van der Waals surface area contributed by atoms with Gasteiger partial charge >= 0.3 is 0 Å². The van der Waals surface area contributed by atoms with Gasteiger partial charge in [-0.05, 0) is 26.3 Å². The monoisotopic (exact) mass is 319 g/mol. The Balaban J connectivity index is 2.20. The molecule has 2 aromatic heterocycles. The van der Waals surface area contributed by atoms with Crippen molar-refractivity contribution in [2.24, 2.45) is 7.05 Å². The molecule has 0 saturated carbocycles. The Morgan fingerprint density at radius 3 is 2.78 bits per heavy atom. The molecule has 0 fully saturated rings. The summed E-state index contributed by atoms with van der Waals surface area (Å²) in [4.78, 5) is 22.1. The van der Waals surface area contributed by atoms with Gasteiger partial charge in [0.25, 0.3) is 5.56 Å². The molecule has 0 unspecified atom stereocenters. The molecule has 0 aliphatic rings. The number of aromatic nitrogens is 4. The average Bonchev–Trinajstić information content (AvgIpc) is 2.89. The Kier molecular flexibility index (Phi) is 6.33. The van der Waals surface area contributed by atoms with Crippen molar-refractivity contribution in [1.29, 1.82) is 0 Å². The number of hydrogen-bond donors (Lipinski definition) is 1. The van der Waals surface area contributed by atoms with Crippen LogP contribution in [0, 0.1) is 0 Å². The van der Waals surface area contributed by atoms with Crippen LogP contribution in [0.3, 0.4) is 0 Å². The Labute approximate surface area is 137 Å². The maximum atomic E-state index is 12.2. The smallest absolute Gasteiger partial charge is 0.262 e. The summed E-state index contributed by atoms with van der Waals surface area (Å²) >= 11 is 0. The normalized spacial score (nSPS) is 13.1. The Morgan fingerprint density at radius 1 is 1.30 bits per heavy atom. The van der Waals surface area contributed by atoms with Crippen molar-refractivity contribution in [2.75, 3.05) is 6.54 Å². The lowest BCUT2D eigenvalue weighted by molar-refractivity contribution is 0.181. The molecule has 0 aromatic carbocycles.